The number of aromatic nitrogens is 3. The van der Waals surface area contributed by atoms with Crippen LogP contribution in [0, 0.1) is 5.82 Å². The molecule has 7 nitrogen and oxygen atoms in total. The molecule has 0 fully saturated rings. The average molecular weight is 293 g/mol. The van der Waals surface area contributed by atoms with Crippen molar-refractivity contribution in [3.05, 3.63) is 36.2 Å². The molecule has 0 radical (unpaired) electrons. The molecular weight excluding hydrogens is 277 g/mol. The van der Waals surface area contributed by atoms with Crippen LogP contribution in [0.25, 0.3) is 0 Å². The minimum absolute atomic E-state index is 0.0211. The van der Waals surface area contributed by atoms with Crippen molar-refractivity contribution >= 4 is 11.7 Å². The molecule has 0 bridgehead atoms. The van der Waals surface area contributed by atoms with Gasteiger partial charge in [0, 0.05) is 13.0 Å². The maximum atomic E-state index is 13.6. The predicted octanol–water partition coefficient (Wildman–Crippen LogP) is 1.71. The largest absolute Gasteiger partial charge is 0.494 e. The number of H-pyrrole nitrogens is 1. The van der Waals surface area contributed by atoms with Crippen molar-refractivity contribution in [2.75, 3.05) is 19.0 Å². The van der Waals surface area contributed by atoms with E-state index < -0.39 is 11.8 Å². The van der Waals surface area contributed by atoms with Crippen LogP contribution in [0.1, 0.15) is 12.2 Å². The lowest BCUT2D eigenvalue weighted by atomic mass is 10.3. The summed E-state index contributed by atoms with van der Waals surface area (Å²) in [5.41, 5.74) is 0.0211. The Labute approximate surface area is 120 Å². The topological polar surface area (TPSA) is 91.9 Å². The highest BCUT2D eigenvalue weighted by molar-refractivity contribution is 5.91. The van der Waals surface area contributed by atoms with Gasteiger partial charge in [0.1, 0.15) is 23.6 Å². The molecule has 21 heavy (non-hydrogen) atoms. The molecule has 8 heteroatoms. The first kappa shape index (κ1) is 14.8. The Balaban J connectivity index is 1.79. The fraction of sp³-hybridized carbons (Fsp3) is 0.308. The molecule has 2 rings (SSSR count). The van der Waals surface area contributed by atoms with Gasteiger partial charge in [-0.3, -0.25) is 5.10 Å². The van der Waals surface area contributed by atoms with Gasteiger partial charge in [-0.2, -0.15) is 5.10 Å². The molecule has 1 aromatic heterocycles. The van der Waals surface area contributed by atoms with Crippen LogP contribution in [0.15, 0.2) is 24.5 Å². The van der Waals surface area contributed by atoms with Crippen LogP contribution in [0.3, 0.4) is 0 Å². The predicted molar refractivity (Wildman–Crippen MR) is 74.7 cm³/mol. The van der Waals surface area contributed by atoms with Gasteiger partial charge in [0.15, 0.2) is 5.82 Å². The van der Waals surface area contributed by atoms with Crippen molar-refractivity contribution in [2.24, 2.45) is 0 Å². The molecule has 0 saturated heterocycles. The number of methoxy groups -OCH3 is 1. The molecule has 1 heterocycles. The fourth-order valence-electron chi connectivity index (χ4n) is 1.76. The van der Waals surface area contributed by atoms with Gasteiger partial charge < -0.3 is 15.4 Å². The first-order valence-electron chi connectivity index (χ1n) is 6.42. The molecule has 112 valence electrons. The number of urea groups is 1. The molecule has 2 aromatic rings. The van der Waals surface area contributed by atoms with E-state index in [4.69, 9.17) is 4.74 Å². The molecule has 0 atom stereocenters. The Bertz CT molecular complexity index is 588. The molecular formula is C13H16FN5O2. The number of anilines is 1. The van der Waals surface area contributed by atoms with Gasteiger partial charge in [-0.15, -0.1) is 0 Å². The monoisotopic (exact) mass is 293 g/mol. The summed E-state index contributed by atoms with van der Waals surface area (Å²) in [6.45, 7) is 0.434. The first-order valence-corrected chi connectivity index (χ1v) is 6.42. The maximum Gasteiger partial charge on any atom is 0.319 e. The number of aromatic amines is 1. The first-order chi connectivity index (χ1) is 10.2. The number of para-hydroxylation sites is 1. The normalized spacial score (nSPS) is 10.2. The van der Waals surface area contributed by atoms with Gasteiger partial charge in [-0.1, -0.05) is 6.07 Å². The van der Waals surface area contributed by atoms with Crippen LogP contribution in [0.2, 0.25) is 0 Å². The Morgan fingerprint density at radius 2 is 2.33 bits per heavy atom. The Morgan fingerprint density at radius 3 is 3.05 bits per heavy atom. The van der Waals surface area contributed by atoms with Crippen molar-refractivity contribution in [3.63, 3.8) is 0 Å². The van der Waals surface area contributed by atoms with E-state index >= 15 is 0 Å². The SMILES string of the molecule is COc1cccc(F)c1NC(=O)NCCCc1ncn[nH]1. The lowest BCUT2D eigenvalue weighted by Crippen LogP contribution is -2.30. The Hall–Kier alpha value is -2.64. The number of benzene rings is 1. The van der Waals surface area contributed by atoms with Crippen LogP contribution in [-0.4, -0.2) is 34.9 Å². The summed E-state index contributed by atoms with van der Waals surface area (Å²) >= 11 is 0. The van der Waals surface area contributed by atoms with Gasteiger partial charge in [-0.05, 0) is 18.6 Å². The third-order valence-electron chi connectivity index (χ3n) is 2.77. The van der Waals surface area contributed by atoms with E-state index in [-0.39, 0.29) is 11.4 Å². The van der Waals surface area contributed by atoms with Gasteiger partial charge in [0.05, 0.1) is 7.11 Å². The zero-order chi connectivity index (χ0) is 15.1. The number of hydrogen-bond donors (Lipinski definition) is 3. The summed E-state index contributed by atoms with van der Waals surface area (Å²) in [5.74, 6) is 0.478. The molecule has 0 aliphatic rings. The quantitative estimate of drug-likeness (QED) is 0.707. The molecule has 3 N–H and O–H groups in total. The maximum absolute atomic E-state index is 13.6. The summed E-state index contributed by atoms with van der Waals surface area (Å²) in [4.78, 5) is 15.7. The number of rotatable bonds is 6. The van der Waals surface area contributed by atoms with E-state index in [9.17, 15) is 9.18 Å². The number of carbonyl (C=O) groups is 1. The van der Waals surface area contributed by atoms with Gasteiger partial charge in [0.25, 0.3) is 0 Å². The van der Waals surface area contributed by atoms with E-state index in [0.717, 1.165) is 5.82 Å². The van der Waals surface area contributed by atoms with Crippen LogP contribution in [0.4, 0.5) is 14.9 Å². The van der Waals surface area contributed by atoms with Gasteiger partial charge in [-0.25, -0.2) is 14.2 Å². The standard InChI is InChI=1S/C13H16FN5O2/c1-21-10-5-2-4-9(14)12(10)18-13(20)15-7-3-6-11-16-8-17-19-11/h2,4-5,8H,3,6-7H2,1H3,(H2,15,18,20)(H,16,17,19). The summed E-state index contributed by atoms with van der Waals surface area (Å²) < 4.78 is 18.6. The number of hydrogen-bond acceptors (Lipinski definition) is 4. The molecule has 1 aromatic carbocycles. The second kappa shape index (κ2) is 7.22. The molecule has 0 saturated carbocycles. The summed E-state index contributed by atoms with van der Waals surface area (Å²) in [6, 6.07) is 3.84. The number of nitrogens with one attached hydrogen (secondary N) is 3. The van der Waals surface area contributed by atoms with E-state index in [0.29, 0.717) is 19.4 Å². The highest BCUT2D eigenvalue weighted by Crippen LogP contribution is 2.26. The number of aryl methyl sites for hydroxylation is 1. The van der Waals surface area contributed by atoms with Crippen LogP contribution < -0.4 is 15.4 Å². The smallest absolute Gasteiger partial charge is 0.319 e. The van der Waals surface area contributed by atoms with Crippen molar-refractivity contribution in [1.29, 1.82) is 0 Å². The van der Waals surface area contributed by atoms with Crippen molar-refractivity contribution in [1.82, 2.24) is 20.5 Å². The van der Waals surface area contributed by atoms with E-state index in [1.807, 2.05) is 0 Å². The minimum Gasteiger partial charge on any atom is -0.494 e. The Morgan fingerprint density at radius 1 is 1.48 bits per heavy atom. The Kier molecular flexibility index (Phi) is 5.08. The lowest BCUT2D eigenvalue weighted by molar-refractivity contribution is 0.251. The molecule has 0 aliphatic carbocycles. The van der Waals surface area contributed by atoms with Crippen LogP contribution >= 0.6 is 0 Å². The minimum atomic E-state index is -0.550. The third-order valence-corrected chi connectivity index (χ3v) is 2.77. The molecule has 0 spiro atoms. The average Bonchev–Trinajstić information content (AvgIpc) is 2.99. The summed E-state index contributed by atoms with van der Waals surface area (Å²) in [7, 11) is 1.41. The summed E-state index contributed by atoms with van der Waals surface area (Å²) in [5, 5.41) is 11.5. The summed E-state index contributed by atoms with van der Waals surface area (Å²) in [6.07, 6.45) is 2.79. The van der Waals surface area contributed by atoms with E-state index in [2.05, 4.69) is 25.8 Å². The highest BCUT2D eigenvalue weighted by Gasteiger charge is 2.11. The number of nitrogens with zero attached hydrogens (tertiary/aromatic N) is 2. The van der Waals surface area contributed by atoms with Gasteiger partial charge in [0.2, 0.25) is 0 Å². The lowest BCUT2D eigenvalue weighted by Gasteiger charge is -2.11. The van der Waals surface area contributed by atoms with Crippen molar-refractivity contribution in [3.8, 4) is 5.75 Å². The molecule has 0 aliphatic heterocycles. The zero-order valence-corrected chi connectivity index (χ0v) is 11.5. The number of ether oxygens (including phenoxy) is 1. The molecule has 0 unspecified atom stereocenters. The number of carbonyl (C=O) groups excluding carboxylic acids is 1. The second-order valence-electron chi connectivity index (χ2n) is 4.23. The van der Waals surface area contributed by atoms with Crippen molar-refractivity contribution in [2.45, 2.75) is 12.8 Å². The van der Waals surface area contributed by atoms with Crippen LogP contribution in [0.5, 0.6) is 5.75 Å². The number of amides is 2. The van der Waals surface area contributed by atoms with Crippen LogP contribution in [-0.2, 0) is 6.42 Å². The van der Waals surface area contributed by atoms with E-state index in [1.165, 1.54) is 25.6 Å². The molecule has 2 amide bonds. The van der Waals surface area contributed by atoms with E-state index in [1.54, 1.807) is 6.07 Å². The third kappa shape index (κ3) is 4.16. The van der Waals surface area contributed by atoms with Crippen molar-refractivity contribution < 1.29 is 13.9 Å². The second-order valence-corrected chi connectivity index (χ2v) is 4.23. The fourth-order valence-corrected chi connectivity index (χ4v) is 1.76. The highest BCUT2D eigenvalue weighted by atomic mass is 19.1. The number of halogens is 1. The zero-order valence-electron chi connectivity index (χ0n) is 11.5. The van der Waals surface area contributed by atoms with Gasteiger partial charge >= 0.3 is 6.03 Å².